The Morgan fingerprint density at radius 2 is 1.42 bits per heavy atom. The van der Waals surface area contributed by atoms with Crippen LogP contribution in [0.25, 0.3) is 22.0 Å². The predicted octanol–water partition coefficient (Wildman–Crippen LogP) is 12.0. The molecule has 4 bridgehead atoms. The summed E-state index contributed by atoms with van der Waals surface area (Å²) in [6.45, 7) is 27.7. The molecule has 26 nitrogen and oxygen atoms in total. The zero-order chi connectivity index (χ0) is 83.0. The quantitative estimate of drug-likeness (QED) is 0.0138. The number of likely N-dealkylation sites (N-methyl/N-ethyl adjacent to an activating group) is 1. The first kappa shape index (κ1) is 88.5. The SMILES string of the molecule is COc1cc2cc(c1Cl)N(C)C(=O)C[C@H](OC(=O)[C@H](C)N(C)C(=O)CCN(CCO[Si](C)(C)C(C)(C)C)C(=O)CN(CCO[Si](C)(C)C(C)(C)C)C(=O)CNC(=O)CCn1c(CN(C)N(C)C(=O)OCC3c4ccccc4-c4ccccc43)cc3ccccc31)[C@@]1(C)O[C@H]1[C@H](C)[C@@H]1C[C@@](O)(NC(=O)O1)[C@H](OC)/C=C/C=C(\C)C2. The van der Waals surface area contributed by atoms with Crippen LogP contribution in [0.1, 0.15) is 123 Å². The number of fused-ring (bicyclic) bond motifs is 9. The van der Waals surface area contributed by atoms with E-state index < -0.39 is 132 Å². The van der Waals surface area contributed by atoms with Crippen molar-refractivity contribution in [3.05, 3.63) is 142 Å². The molecular formula is C84H118ClN9O17Si2. The maximum Gasteiger partial charge on any atom is 0.424 e. The van der Waals surface area contributed by atoms with Crippen LogP contribution in [0.4, 0.5) is 15.3 Å². The number of methoxy groups -OCH3 is 2. The van der Waals surface area contributed by atoms with Crippen LogP contribution >= 0.6 is 11.6 Å². The molecule has 4 heterocycles. The number of hydrogen-bond acceptors (Lipinski definition) is 18. The Bertz CT molecular complexity index is 4320. The number of hydrogen-bond donors (Lipinski definition) is 3. The van der Waals surface area contributed by atoms with E-state index in [0.717, 1.165) is 50.0 Å². The summed E-state index contributed by atoms with van der Waals surface area (Å²) >= 11 is 6.95. The number of nitrogens with one attached hydrogen (secondary N) is 2. The van der Waals surface area contributed by atoms with E-state index >= 15 is 4.79 Å². The molecule has 113 heavy (non-hydrogen) atoms. The lowest BCUT2D eigenvalue weighted by molar-refractivity contribution is -0.162. The molecule has 9 rings (SSSR count). The van der Waals surface area contributed by atoms with Crippen molar-refractivity contribution in [2.24, 2.45) is 5.92 Å². The molecule has 1 aliphatic carbocycles. The van der Waals surface area contributed by atoms with E-state index in [4.69, 9.17) is 48.9 Å². The number of epoxide rings is 1. The smallest absolute Gasteiger partial charge is 0.424 e. The molecule has 4 aliphatic rings. The number of allylic oxidation sites excluding steroid dienone is 3. The van der Waals surface area contributed by atoms with Gasteiger partial charge in [0.15, 0.2) is 22.4 Å². The Morgan fingerprint density at radius 3 is 2.04 bits per heavy atom. The van der Waals surface area contributed by atoms with Crippen molar-refractivity contribution in [2.45, 2.75) is 198 Å². The van der Waals surface area contributed by atoms with Crippen LogP contribution < -0.4 is 20.3 Å². The molecule has 5 aromatic rings. The minimum atomic E-state index is -2.39. The van der Waals surface area contributed by atoms with Gasteiger partial charge in [0.1, 0.15) is 47.3 Å². The zero-order valence-electron chi connectivity index (χ0n) is 69.5. The van der Waals surface area contributed by atoms with Crippen molar-refractivity contribution >= 4 is 92.5 Å². The van der Waals surface area contributed by atoms with E-state index in [0.29, 0.717) is 17.9 Å². The van der Waals surface area contributed by atoms with Crippen molar-refractivity contribution < 1.29 is 80.7 Å². The van der Waals surface area contributed by atoms with Crippen molar-refractivity contribution in [3.8, 4) is 16.9 Å². The monoisotopic (exact) mass is 1620 g/mol. The molecule has 3 N–H and O–H groups in total. The van der Waals surface area contributed by atoms with Crippen molar-refractivity contribution in [1.29, 1.82) is 0 Å². The summed E-state index contributed by atoms with van der Waals surface area (Å²) in [7, 11) is 4.53. The van der Waals surface area contributed by atoms with Gasteiger partial charge in [-0.15, -0.1) is 0 Å². The highest BCUT2D eigenvalue weighted by molar-refractivity contribution is 6.74. The fourth-order valence-electron chi connectivity index (χ4n) is 14.2. The number of rotatable bonds is 28. The van der Waals surface area contributed by atoms with Crippen LogP contribution in [0.15, 0.2) is 115 Å². The molecule has 0 unspecified atom stereocenters. The number of aliphatic hydroxyl groups is 1. The lowest BCUT2D eigenvalue weighted by Crippen LogP contribution is -2.63. The van der Waals surface area contributed by atoms with Crippen LogP contribution in [-0.2, 0) is 80.8 Å². The zero-order valence-corrected chi connectivity index (χ0v) is 72.3. The molecule has 4 aromatic carbocycles. The fraction of sp³-hybridized carbons (Fsp3) is 0.548. The molecule has 0 radical (unpaired) electrons. The lowest BCUT2D eigenvalue weighted by Gasteiger charge is -2.42. The second kappa shape index (κ2) is 36.6. The highest BCUT2D eigenvalue weighted by Crippen LogP contribution is 2.50. The molecule has 2 fully saturated rings. The third-order valence-electron chi connectivity index (χ3n) is 23.8. The van der Waals surface area contributed by atoms with E-state index in [2.05, 4.69) is 103 Å². The van der Waals surface area contributed by atoms with Gasteiger partial charge < -0.3 is 71.9 Å². The third-order valence-corrected chi connectivity index (χ3v) is 33.3. The Labute approximate surface area is 672 Å². The summed E-state index contributed by atoms with van der Waals surface area (Å²) < 4.78 is 51.2. The first-order chi connectivity index (χ1) is 53.0. The van der Waals surface area contributed by atoms with E-state index in [1.165, 1.54) is 52.8 Å². The third kappa shape index (κ3) is 21.0. The van der Waals surface area contributed by atoms with E-state index in [1.54, 1.807) is 64.3 Å². The van der Waals surface area contributed by atoms with Crippen LogP contribution in [0, 0.1) is 5.92 Å². The number of halogens is 1. The summed E-state index contributed by atoms with van der Waals surface area (Å²) in [4.78, 5) is 120. The van der Waals surface area contributed by atoms with Crippen molar-refractivity contribution in [3.63, 3.8) is 0 Å². The van der Waals surface area contributed by atoms with Gasteiger partial charge in [-0.2, -0.15) is 0 Å². The minimum absolute atomic E-state index is 0.000606. The molecule has 0 saturated carbocycles. The molecule has 616 valence electrons. The van der Waals surface area contributed by atoms with Gasteiger partial charge in [0, 0.05) is 104 Å². The lowest BCUT2D eigenvalue weighted by atomic mass is 9.83. The number of carbonyl (C=O) groups is 8. The number of anilines is 1. The highest BCUT2D eigenvalue weighted by atomic mass is 35.5. The highest BCUT2D eigenvalue weighted by Gasteiger charge is 2.65. The molecular weight excluding hydrogens is 1500 g/mol. The minimum Gasteiger partial charge on any atom is -0.495 e. The second-order valence-corrected chi connectivity index (χ2v) is 43.6. The summed E-state index contributed by atoms with van der Waals surface area (Å²) in [5.74, 6) is -3.87. The molecule has 2 saturated heterocycles. The van der Waals surface area contributed by atoms with Crippen LogP contribution in [0.3, 0.4) is 0 Å². The van der Waals surface area contributed by atoms with Crippen molar-refractivity contribution in [2.75, 3.05) is 99.9 Å². The molecule has 29 heteroatoms. The first-order valence-corrected chi connectivity index (χ1v) is 45.0. The number of para-hydroxylation sites is 1. The number of benzene rings is 4. The molecule has 3 aliphatic heterocycles. The van der Waals surface area contributed by atoms with Crippen LogP contribution in [-0.4, -0.2) is 235 Å². The Hall–Kier alpha value is -8.46. The average molecular weight is 1620 g/mol. The largest absolute Gasteiger partial charge is 0.495 e. The number of nitrogens with zero attached hydrogens (tertiary/aromatic N) is 7. The number of aryl methyl sites for hydroxylation is 1. The maximum atomic E-state index is 15.1. The Kier molecular flexibility index (Phi) is 28.6. The normalized spacial score (nSPS) is 21.8. The van der Waals surface area contributed by atoms with Gasteiger partial charge in [0.05, 0.1) is 58.2 Å². The van der Waals surface area contributed by atoms with Gasteiger partial charge in [0.2, 0.25) is 29.5 Å². The van der Waals surface area contributed by atoms with Gasteiger partial charge in [-0.3, -0.25) is 29.3 Å². The van der Waals surface area contributed by atoms with Gasteiger partial charge in [0.25, 0.3) is 0 Å². The van der Waals surface area contributed by atoms with E-state index in [9.17, 15) is 38.7 Å². The number of ether oxygens (including phenoxy) is 6. The number of hydrazine groups is 1. The van der Waals surface area contributed by atoms with E-state index in [-0.39, 0.29) is 92.8 Å². The number of aromatic nitrogens is 1. The standard InChI is InChI=1S/C84H118ClN9O17Si2/c1-54-28-27-35-69(105-16)84(103)49-68(109-79(101)87-84)55(2)77-83(10,111-77)70(48-73(97)90(13)66-45-57(44-54)46-67(104-15)76(66)85)110-78(100)56(3)89(12)72(96)37-38-92(40-42-107-112(17,18)81(4,5)6)75(99)52-93(41-43-108-113(19,20)82(7,8)9)74(98)50-86-71(95)36-39-94-59(47-58-29-21-26-34-65(58)94)51-88(11)91(14)80(102)106-53-64-62-32-24-22-30-60(62)61-31-23-25-33-63(61)64/h21-35,45-47,55-56,64,68-70,77,103H,36-44,48-53H2,1-20H3,(H,86,95)(H,87,101)/b35-27+,54-28+/t55-,56+,68+,69-,70+,77+,83-,84+/m1/s1. The van der Waals surface area contributed by atoms with Crippen molar-refractivity contribution in [1.82, 2.24) is 39.9 Å². The molecule has 0 spiro atoms. The predicted molar refractivity (Wildman–Crippen MR) is 439 cm³/mol. The summed E-state index contributed by atoms with van der Waals surface area (Å²) in [5, 5.41) is 21.4. The van der Waals surface area contributed by atoms with Gasteiger partial charge in [-0.05, 0) is 121 Å². The molecule has 8 atom stereocenters. The average Bonchev–Trinajstić information content (AvgIpc) is 1.57. The number of amides is 7. The second-order valence-electron chi connectivity index (χ2n) is 33.6. The maximum absolute atomic E-state index is 15.1. The van der Waals surface area contributed by atoms with Gasteiger partial charge >= 0.3 is 18.2 Å². The number of carbonyl (C=O) groups excluding carboxylic acids is 8. The Balaban J connectivity index is 0.884. The van der Waals surface area contributed by atoms with Gasteiger partial charge in [-0.25, -0.2) is 24.4 Å². The summed E-state index contributed by atoms with van der Waals surface area (Å²) in [6, 6.07) is 28.4. The van der Waals surface area contributed by atoms with Gasteiger partial charge in [-0.1, -0.05) is 151 Å². The molecule has 7 amide bonds. The summed E-state index contributed by atoms with van der Waals surface area (Å²) in [5.41, 5.74) is 4.80. The van der Waals surface area contributed by atoms with E-state index in [1.807, 2.05) is 72.2 Å². The molecule has 1 aromatic heterocycles. The topological polar surface area (TPSA) is 282 Å². The Morgan fingerprint density at radius 1 is 0.814 bits per heavy atom. The van der Waals surface area contributed by atoms with Crippen LogP contribution in [0.5, 0.6) is 5.75 Å². The first-order valence-electron chi connectivity index (χ1n) is 38.8. The van der Waals surface area contributed by atoms with Crippen LogP contribution in [0.2, 0.25) is 41.3 Å². The number of alkyl carbamates (subject to hydrolysis) is 1. The summed E-state index contributed by atoms with van der Waals surface area (Å²) in [6.07, 6.45) is -0.811. The number of esters is 1. The fourth-order valence-corrected chi connectivity index (χ4v) is 16.6.